The Morgan fingerprint density at radius 3 is 3.00 bits per heavy atom. The average Bonchev–Trinajstić information content (AvgIpc) is 2.89. The Hall–Kier alpha value is -1.66. The summed E-state index contributed by atoms with van der Waals surface area (Å²) >= 11 is 7.42. The maximum Gasteiger partial charge on any atom is 0.271 e. The summed E-state index contributed by atoms with van der Waals surface area (Å²) in [5.74, 6) is 0.283. The van der Waals surface area contributed by atoms with E-state index in [2.05, 4.69) is 20.6 Å². The summed E-state index contributed by atoms with van der Waals surface area (Å²) in [5, 5.41) is 8.60. The molecule has 2 aromatic rings. The van der Waals surface area contributed by atoms with Crippen molar-refractivity contribution >= 4 is 34.7 Å². The van der Waals surface area contributed by atoms with E-state index in [1.807, 2.05) is 5.38 Å². The highest BCUT2D eigenvalue weighted by molar-refractivity contribution is 7.09. The van der Waals surface area contributed by atoms with Crippen molar-refractivity contribution in [3.05, 3.63) is 39.4 Å². The number of aromatic nitrogens is 2. The van der Waals surface area contributed by atoms with E-state index in [1.165, 1.54) is 11.3 Å². The molecule has 2 aromatic heterocycles. The highest BCUT2D eigenvalue weighted by atomic mass is 35.5. The summed E-state index contributed by atoms with van der Waals surface area (Å²) in [6.45, 7) is 0.373. The Labute approximate surface area is 113 Å². The zero-order valence-corrected chi connectivity index (χ0v) is 11.2. The normalized spacial score (nSPS) is 10.1. The monoisotopic (exact) mass is 282 g/mol. The predicted octanol–water partition coefficient (Wildman–Crippen LogP) is 2.16. The molecular weight excluding hydrogens is 272 g/mol. The summed E-state index contributed by atoms with van der Waals surface area (Å²) in [7, 11) is 1.73. The molecule has 0 saturated heterocycles. The third-order valence-corrected chi connectivity index (χ3v) is 3.29. The van der Waals surface area contributed by atoms with Gasteiger partial charge in [-0.15, -0.1) is 11.3 Å². The fraction of sp³-hybridized carbons (Fsp3) is 0.182. The molecule has 2 heterocycles. The van der Waals surface area contributed by atoms with Crippen LogP contribution in [0, 0.1) is 0 Å². The lowest BCUT2D eigenvalue weighted by Crippen LogP contribution is -2.24. The van der Waals surface area contributed by atoms with Gasteiger partial charge in [-0.25, -0.2) is 9.97 Å². The molecule has 0 aliphatic heterocycles. The molecule has 94 valence electrons. The van der Waals surface area contributed by atoms with Crippen LogP contribution in [0.2, 0.25) is 5.02 Å². The van der Waals surface area contributed by atoms with Crippen LogP contribution in [0.25, 0.3) is 0 Å². The first-order chi connectivity index (χ1) is 8.70. The molecule has 0 aliphatic rings. The lowest BCUT2D eigenvalue weighted by atomic mass is 10.3. The summed E-state index contributed by atoms with van der Waals surface area (Å²) in [4.78, 5) is 20.1. The van der Waals surface area contributed by atoms with Crippen molar-refractivity contribution in [1.29, 1.82) is 0 Å². The van der Waals surface area contributed by atoms with Crippen LogP contribution in [-0.4, -0.2) is 22.9 Å². The van der Waals surface area contributed by atoms with Gasteiger partial charge in [-0.2, -0.15) is 0 Å². The average molecular weight is 283 g/mol. The van der Waals surface area contributed by atoms with Crippen molar-refractivity contribution in [2.24, 2.45) is 0 Å². The number of pyridine rings is 1. The Kier molecular flexibility index (Phi) is 4.11. The minimum Gasteiger partial charge on any atom is -0.373 e. The zero-order valence-electron chi connectivity index (χ0n) is 9.61. The molecule has 2 N–H and O–H groups in total. The van der Waals surface area contributed by atoms with E-state index in [0.29, 0.717) is 17.4 Å². The quantitative estimate of drug-likeness (QED) is 0.902. The summed E-state index contributed by atoms with van der Waals surface area (Å²) < 4.78 is 0. The molecule has 0 aromatic carbocycles. The molecule has 18 heavy (non-hydrogen) atoms. The van der Waals surface area contributed by atoms with Gasteiger partial charge in [0.05, 0.1) is 11.6 Å². The van der Waals surface area contributed by atoms with Crippen LogP contribution in [0.3, 0.4) is 0 Å². The van der Waals surface area contributed by atoms with Gasteiger partial charge in [0.1, 0.15) is 16.5 Å². The van der Waals surface area contributed by atoms with Crippen molar-refractivity contribution in [3.63, 3.8) is 0 Å². The van der Waals surface area contributed by atoms with Gasteiger partial charge >= 0.3 is 0 Å². The van der Waals surface area contributed by atoms with Gasteiger partial charge in [0.25, 0.3) is 5.91 Å². The van der Waals surface area contributed by atoms with Crippen LogP contribution in [0.4, 0.5) is 5.82 Å². The number of rotatable bonds is 4. The molecule has 5 nitrogen and oxygen atoms in total. The molecule has 0 saturated carbocycles. The molecular formula is C11H11ClN4OS. The standard InChI is InChI=1S/C11H11ClN4OS/c1-13-8-3-2-7(12)10(16-8)11(17)15-6-9-14-4-5-18-9/h2-5H,6H2,1H3,(H,13,16)(H,15,17). The highest BCUT2D eigenvalue weighted by Gasteiger charge is 2.13. The van der Waals surface area contributed by atoms with Crippen LogP contribution in [0.5, 0.6) is 0 Å². The minimum atomic E-state index is -0.313. The summed E-state index contributed by atoms with van der Waals surface area (Å²) in [6, 6.07) is 3.35. The van der Waals surface area contributed by atoms with Crippen LogP contribution < -0.4 is 10.6 Å². The van der Waals surface area contributed by atoms with Crippen molar-refractivity contribution in [3.8, 4) is 0 Å². The van der Waals surface area contributed by atoms with Crippen LogP contribution in [0.1, 0.15) is 15.5 Å². The molecule has 2 rings (SSSR count). The fourth-order valence-corrected chi connectivity index (χ4v) is 2.07. The largest absolute Gasteiger partial charge is 0.373 e. The summed E-state index contributed by atoms with van der Waals surface area (Å²) in [6.07, 6.45) is 1.69. The number of nitrogens with zero attached hydrogens (tertiary/aromatic N) is 2. The number of carbonyl (C=O) groups is 1. The second-order valence-electron chi connectivity index (χ2n) is 3.39. The molecule has 0 bridgehead atoms. The van der Waals surface area contributed by atoms with Crippen molar-refractivity contribution in [2.45, 2.75) is 6.54 Å². The van der Waals surface area contributed by atoms with E-state index < -0.39 is 0 Å². The number of anilines is 1. The SMILES string of the molecule is CNc1ccc(Cl)c(C(=O)NCc2nccs2)n1. The van der Waals surface area contributed by atoms with Crippen molar-refractivity contribution in [1.82, 2.24) is 15.3 Å². The zero-order chi connectivity index (χ0) is 13.0. The van der Waals surface area contributed by atoms with Gasteiger partial charge < -0.3 is 10.6 Å². The molecule has 0 spiro atoms. The highest BCUT2D eigenvalue weighted by Crippen LogP contribution is 2.16. The Morgan fingerprint density at radius 1 is 1.50 bits per heavy atom. The fourth-order valence-electron chi connectivity index (χ4n) is 1.32. The number of amides is 1. The number of carbonyl (C=O) groups excluding carboxylic acids is 1. The third-order valence-electron chi connectivity index (χ3n) is 2.20. The first-order valence-electron chi connectivity index (χ1n) is 5.21. The van der Waals surface area contributed by atoms with Gasteiger partial charge in [0, 0.05) is 18.6 Å². The maximum absolute atomic E-state index is 11.9. The lowest BCUT2D eigenvalue weighted by Gasteiger charge is -2.06. The molecule has 0 atom stereocenters. The van der Waals surface area contributed by atoms with E-state index in [9.17, 15) is 4.79 Å². The Balaban J connectivity index is 2.08. The first-order valence-corrected chi connectivity index (χ1v) is 6.47. The minimum absolute atomic E-state index is 0.208. The Bertz CT molecular complexity index is 544. The lowest BCUT2D eigenvalue weighted by molar-refractivity contribution is 0.0946. The van der Waals surface area contributed by atoms with Gasteiger partial charge in [0.15, 0.2) is 0 Å². The summed E-state index contributed by atoms with van der Waals surface area (Å²) in [5.41, 5.74) is 0.208. The second kappa shape index (κ2) is 5.79. The number of hydrogen-bond donors (Lipinski definition) is 2. The van der Waals surface area contributed by atoms with Crippen molar-refractivity contribution in [2.75, 3.05) is 12.4 Å². The second-order valence-corrected chi connectivity index (χ2v) is 4.77. The van der Waals surface area contributed by atoms with E-state index in [0.717, 1.165) is 5.01 Å². The number of nitrogens with one attached hydrogen (secondary N) is 2. The van der Waals surface area contributed by atoms with Gasteiger partial charge in [-0.05, 0) is 12.1 Å². The molecule has 1 amide bonds. The molecule has 0 aliphatic carbocycles. The van der Waals surface area contributed by atoms with Crippen LogP contribution >= 0.6 is 22.9 Å². The molecule has 7 heteroatoms. The van der Waals surface area contributed by atoms with Gasteiger partial charge in [-0.1, -0.05) is 11.6 Å². The van der Waals surface area contributed by atoms with E-state index in [-0.39, 0.29) is 11.6 Å². The molecule has 0 radical (unpaired) electrons. The number of thiazole rings is 1. The van der Waals surface area contributed by atoms with E-state index >= 15 is 0 Å². The van der Waals surface area contributed by atoms with Gasteiger partial charge in [-0.3, -0.25) is 4.79 Å². The first kappa shape index (κ1) is 12.8. The predicted molar refractivity (Wildman–Crippen MR) is 72.1 cm³/mol. The third kappa shape index (κ3) is 2.96. The topological polar surface area (TPSA) is 66.9 Å². The van der Waals surface area contributed by atoms with Crippen LogP contribution in [-0.2, 0) is 6.54 Å². The number of halogens is 1. The van der Waals surface area contributed by atoms with E-state index in [4.69, 9.17) is 11.6 Å². The molecule has 0 unspecified atom stereocenters. The Morgan fingerprint density at radius 2 is 2.33 bits per heavy atom. The maximum atomic E-state index is 11.9. The number of hydrogen-bond acceptors (Lipinski definition) is 5. The van der Waals surface area contributed by atoms with Crippen LogP contribution in [0.15, 0.2) is 23.7 Å². The smallest absolute Gasteiger partial charge is 0.271 e. The van der Waals surface area contributed by atoms with Gasteiger partial charge in [0.2, 0.25) is 0 Å². The van der Waals surface area contributed by atoms with E-state index in [1.54, 1.807) is 25.4 Å². The van der Waals surface area contributed by atoms with Crippen molar-refractivity contribution < 1.29 is 4.79 Å². The molecule has 0 fully saturated rings.